The van der Waals surface area contributed by atoms with Crippen LogP contribution in [-0.2, 0) is 18.4 Å². The number of aliphatic hydroxyl groups is 1. The fourth-order valence-electron chi connectivity index (χ4n) is 2.66. The highest BCUT2D eigenvalue weighted by Gasteiger charge is 2.36. The van der Waals surface area contributed by atoms with Crippen LogP contribution < -0.4 is 5.32 Å². The zero-order valence-electron chi connectivity index (χ0n) is 11.8. The van der Waals surface area contributed by atoms with Gasteiger partial charge in [0.1, 0.15) is 6.54 Å². The molecule has 0 spiro atoms. The molecule has 8 nitrogen and oxygen atoms in total. The average molecular weight is 290 g/mol. The predicted octanol–water partition coefficient (Wildman–Crippen LogP) is -0.360. The molecule has 2 heterocycles. The lowest BCUT2D eigenvalue weighted by atomic mass is 9.75. The average Bonchev–Trinajstić information content (AvgIpc) is 3.04. The van der Waals surface area contributed by atoms with Gasteiger partial charge in [-0.15, -0.1) is 5.10 Å². The van der Waals surface area contributed by atoms with Crippen LogP contribution in [0.5, 0.6) is 0 Å². The second kappa shape index (κ2) is 5.65. The van der Waals surface area contributed by atoms with Gasteiger partial charge in [0.2, 0.25) is 5.91 Å². The summed E-state index contributed by atoms with van der Waals surface area (Å²) in [5.74, 6) is 0.111. The van der Waals surface area contributed by atoms with Gasteiger partial charge >= 0.3 is 0 Å². The SMILES string of the molecule is Cn1cc([C@@H](NC(=O)Cn2ccnn2)C2CC(O)C2)cn1. The van der Waals surface area contributed by atoms with Crippen LogP contribution in [0.15, 0.2) is 24.8 Å². The molecule has 2 N–H and O–H groups in total. The second-order valence-corrected chi connectivity index (χ2v) is 5.48. The quantitative estimate of drug-likeness (QED) is 0.783. The van der Waals surface area contributed by atoms with Crippen LogP contribution in [0.25, 0.3) is 0 Å². The number of rotatable bonds is 5. The maximum absolute atomic E-state index is 12.1. The Bertz CT molecular complexity index is 602. The molecule has 0 aliphatic heterocycles. The number of nitrogens with one attached hydrogen (secondary N) is 1. The van der Waals surface area contributed by atoms with Crippen LogP contribution in [0.2, 0.25) is 0 Å². The number of carbonyl (C=O) groups excluding carboxylic acids is 1. The summed E-state index contributed by atoms with van der Waals surface area (Å²) >= 11 is 0. The zero-order valence-corrected chi connectivity index (χ0v) is 11.8. The first-order valence-corrected chi connectivity index (χ1v) is 6.92. The number of hydrogen-bond donors (Lipinski definition) is 2. The molecular weight excluding hydrogens is 272 g/mol. The van der Waals surface area contributed by atoms with Crippen molar-refractivity contribution in [3.63, 3.8) is 0 Å². The lowest BCUT2D eigenvalue weighted by Gasteiger charge is -2.37. The molecule has 1 aliphatic carbocycles. The fraction of sp³-hybridized carbons (Fsp3) is 0.538. The highest BCUT2D eigenvalue weighted by molar-refractivity contribution is 5.76. The van der Waals surface area contributed by atoms with Crippen LogP contribution in [0.3, 0.4) is 0 Å². The summed E-state index contributed by atoms with van der Waals surface area (Å²) < 4.78 is 3.19. The first-order valence-electron chi connectivity index (χ1n) is 6.92. The van der Waals surface area contributed by atoms with Gasteiger partial charge in [-0.3, -0.25) is 9.48 Å². The third-order valence-electron chi connectivity index (χ3n) is 3.80. The molecule has 1 saturated carbocycles. The Morgan fingerprint density at radius 1 is 1.57 bits per heavy atom. The number of amides is 1. The molecule has 8 heteroatoms. The largest absolute Gasteiger partial charge is 0.393 e. The van der Waals surface area contributed by atoms with E-state index in [0.717, 1.165) is 5.56 Å². The molecule has 2 aromatic rings. The van der Waals surface area contributed by atoms with Crippen LogP contribution >= 0.6 is 0 Å². The normalized spacial score (nSPS) is 22.6. The number of aromatic nitrogens is 5. The minimum atomic E-state index is -0.263. The first kappa shape index (κ1) is 13.7. The lowest BCUT2D eigenvalue weighted by molar-refractivity contribution is -0.123. The number of hydrogen-bond acceptors (Lipinski definition) is 5. The summed E-state index contributed by atoms with van der Waals surface area (Å²) in [5.41, 5.74) is 0.960. The van der Waals surface area contributed by atoms with E-state index in [1.54, 1.807) is 17.1 Å². The predicted molar refractivity (Wildman–Crippen MR) is 72.8 cm³/mol. The van der Waals surface area contributed by atoms with Gasteiger partial charge in [0.15, 0.2) is 0 Å². The summed E-state index contributed by atoms with van der Waals surface area (Å²) in [6.45, 7) is 0.131. The summed E-state index contributed by atoms with van der Waals surface area (Å²) in [6, 6.07) is -0.127. The van der Waals surface area contributed by atoms with Crippen molar-refractivity contribution in [2.75, 3.05) is 0 Å². The molecule has 0 unspecified atom stereocenters. The van der Waals surface area contributed by atoms with Gasteiger partial charge in [-0.1, -0.05) is 5.21 Å². The minimum absolute atomic E-state index is 0.127. The van der Waals surface area contributed by atoms with Gasteiger partial charge in [0.25, 0.3) is 0 Å². The fourth-order valence-corrected chi connectivity index (χ4v) is 2.66. The van der Waals surface area contributed by atoms with Crippen molar-refractivity contribution in [2.24, 2.45) is 13.0 Å². The Morgan fingerprint density at radius 3 is 2.95 bits per heavy atom. The van der Waals surface area contributed by atoms with Gasteiger partial charge in [0, 0.05) is 25.0 Å². The van der Waals surface area contributed by atoms with Crippen LogP contribution in [0.4, 0.5) is 0 Å². The maximum Gasteiger partial charge on any atom is 0.242 e. The molecule has 0 aromatic carbocycles. The van der Waals surface area contributed by atoms with Crippen LogP contribution in [0, 0.1) is 5.92 Å². The standard InChI is InChI=1S/C13H18N6O2/c1-18-7-10(6-15-18)13(9-4-11(20)5-9)16-12(21)8-19-3-2-14-17-19/h2-3,6-7,9,11,13,20H,4-5,8H2,1H3,(H,16,21)/t9?,11?,13-/m0/s1. The van der Waals surface area contributed by atoms with Crippen molar-refractivity contribution < 1.29 is 9.90 Å². The topological polar surface area (TPSA) is 97.9 Å². The second-order valence-electron chi connectivity index (χ2n) is 5.48. The molecule has 112 valence electrons. The van der Waals surface area contributed by atoms with Crippen LogP contribution in [-0.4, -0.2) is 41.9 Å². The van der Waals surface area contributed by atoms with Gasteiger partial charge in [-0.2, -0.15) is 5.10 Å². The summed E-state index contributed by atoms with van der Waals surface area (Å²) in [6.07, 6.45) is 7.96. The van der Waals surface area contributed by atoms with E-state index in [4.69, 9.17) is 0 Å². The molecule has 1 amide bonds. The monoisotopic (exact) mass is 290 g/mol. The zero-order chi connectivity index (χ0) is 14.8. The van der Waals surface area contributed by atoms with E-state index in [1.807, 2.05) is 13.2 Å². The number of carbonyl (C=O) groups is 1. The lowest BCUT2D eigenvalue weighted by Crippen LogP contribution is -2.42. The van der Waals surface area contributed by atoms with Crippen molar-refractivity contribution >= 4 is 5.91 Å². The van der Waals surface area contributed by atoms with Crippen molar-refractivity contribution in [3.05, 3.63) is 30.4 Å². The van der Waals surface area contributed by atoms with Gasteiger partial charge in [-0.25, -0.2) is 4.68 Å². The summed E-state index contributed by atoms with van der Waals surface area (Å²) in [7, 11) is 1.84. The van der Waals surface area contributed by atoms with Crippen molar-refractivity contribution in [3.8, 4) is 0 Å². The highest BCUT2D eigenvalue weighted by atomic mass is 16.3. The Labute approximate surface area is 121 Å². The Kier molecular flexibility index (Phi) is 3.70. The van der Waals surface area contributed by atoms with Crippen molar-refractivity contribution in [1.29, 1.82) is 0 Å². The molecule has 3 rings (SSSR count). The van der Waals surface area contributed by atoms with E-state index >= 15 is 0 Å². The third kappa shape index (κ3) is 3.10. The van der Waals surface area contributed by atoms with Crippen molar-refractivity contribution in [1.82, 2.24) is 30.1 Å². The Morgan fingerprint density at radius 2 is 2.38 bits per heavy atom. The van der Waals surface area contributed by atoms with Crippen molar-refractivity contribution in [2.45, 2.75) is 31.5 Å². The molecule has 0 bridgehead atoms. The molecular formula is C13H18N6O2. The number of nitrogens with zero attached hydrogens (tertiary/aromatic N) is 5. The van der Waals surface area contributed by atoms with E-state index in [9.17, 15) is 9.90 Å². The molecule has 21 heavy (non-hydrogen) atoms. The Balaban J connectivity index is 1.68. The molecule has 0 radical (unpaired) electrons. The first-order chi connectivity index (χ1) is 10.1. The van der Waals surface area contributed by atoms with E-state index in [0.29, 0.717) is 12.8 Å². The van der Waals surface area contributed by atoms with Crippen LogP contribution in [0.1, 0.15) is 24.4 Å². The summed E-state index contributed by atoms with van der Waals surface area (Å²) in [5, 5.41) is 24.1. The Hall–Kier alpha value is -2.22. The van der Waals surface area contributed by atoms with E-state index in [2.05, 4.69) is 20.7 Å². The van der Waals surface area contributed by atoms with Gasteiger partial charge in [-0.05, 0) is 18.8 Å². The smallest absolute Gasteiger partial charge is 0.242 e. The van der Waals surface area contributed by atoms with Gasteiger partial charge < -0.3 is 10.4 Å². The molecule has 1 fully saturated rings. The van der Waals surface area contributed by atoms with E-state index in [-0.39, 0.29) is 30.5 Å². The summed E-state index contributed by atoms with van der Waals surface area (Å²) in [4.78, 5) is 12.1. The molecule has 1 aliphatic rings. The number of aliphatic hydroxyl groups excluding tert-OH is 1. The van der Waals surface area contributed by atoms with Gasteiger partial charge in [0.05, 0.1) is 24.5 Å². The highest BCUT2D eigenvalue weighted by Crippen LogP contribution is 2.37. The molecule has 0 saturated heterocycles. The maximum atomic E-state index is 12.1. The van der Waals surface area contributed by atoms with E-state index < -0.39 is 0 Å². The third-order valence-corrected chi connectivity index (χ3v) is 3.80. The minimum Gasteiger partial charge on any atom is -0.393 e. The van der Waals surface area contributed by atoms with E-state index in [1.165, 1.54) is 10.9 Å². The molecule has 2 aromatic heterocycles. The number of aryl methyl sites for hydroxylation is 1. The molecule has 1 atom stereocenters.